The number of aliphatic imine (C=N–C) groups is 1. The Balaban J connectivity index is 2.45. The van der Waals surface area contributed by atoms with Crippen molar-refractivity contribution in [2.45, 2.75) is 66.2 Å². The molecule has 0 aliphatic carbocycles. The molecular weight excluding hydrogens is 304 g/mol. The lowest BCUT2D eigenvalue weighted by Gasteiger charge is -2.29. The van der Waals surface area contributed by atoms with Crippen molar-refractivity contribution >= 4 is 5.71 Å². The molecule has 0 bridgehead atoms. The van der Waals surface area contributed by atoms with Crippen LogP contribution in [0.1, 0.15) is 70.4 Å². The molecule has 1 aliphatic rings. The van der Waals surface area contributed by atoms with E-state index in [0.717, 1.165) is 37.5 Å². The predicted molar refractivity (Wildman–Crippen MR) is 110 cm³/mol. The number of hydrogen-bond acceptors (Lipinski definition) is 2. The van der Waals surface area contributed by atoms with Crippen LogP contribution in [0.15, 0.2) is 52.8 Å². The van der Waals surface area contributed by atoms with Crippen LogP contribution < -0.4 is 0 Å². The molecule has 1 heterocycles. The minimum atomic E-state index is 0.923. The highest BCUT2D eigenvalue weighted by Crippen LogP contribution is 2.23. The molecule has 0 amide bonds. The van der Waals surface area contributed by atoms with Crippen LogP contribution in [0.25, 0.3) is 0 Å². The first kappa shape index (κ1) is 19.5. The summed E-state index contributed by atoms with van der Waals surface area (Å²) in [4.78, 5) is 7.43. The van der Waals surface area contributed by atoms with Crippen LogP contribution in [0.5, 0.6) is 0 Å². The molecular formula is C23H34N2. The van der Waals surface area contributed by atoms with Crippen LogP contribution in [0, 0.1) is 6.92 Å². The Bertz CT molecular complexity index is 646. The zero-order chi connectivity index (χ0) is 18.2. The van der Waals surface area contributed by atoms with Gasteiger partial charge in [0.25, 0.3) is 0 Å². The zero-order valence-corrected chi connectivity index (χ0v) is 16.6. The summed E-state index contributed by atoms with van der Waals surface area (Å²) < 4.78 is 0. The molecule has 0 unspecified atom stereocenters. The van der Waals surface area contributed by atoms with Crippen LogP contribution in [-0.4, -0.2) is 23.7 Å². The van der Waals surface area contributed by atoms with Gasteiger partial charge in [0.15, 0.2) is 0 Å². The van der Waals surface area contributed by atoms with Gasteiger partial charge in [0.2, 0.25) is 0 Å². The van der Waals surface area contributed by atoms with Gasteiger partial charge in [0, 0.05) is 18.7 Å². The summed E-state index contributed by atoms with van der Waals surface area (Å²) in [5.74, 6) is 0.923. The number of piperidine rings is 1. The number of aryl methyl sites for hydroxylation is 1. The van der Waals surface area contributed by atoms with Gasteiger partial charge in [0.1, 0.15) is 5.82 Å². The fraction of sp³-hybridized carbons (Fsp3) is 0.522. The van der Waals surface area contributed by atoms with Gasteiger partial charge in [-0.1, -0.05) is 56.2 Å². The molecule has 1 fully saturated rings. The third-order valence-electron chi connectivity index (χ3n) is 5.03. The van der Waals surface area contributed by atoms with Gasteiger partial charge < -0.3 is 4.90 Å². The number of likely N-dealkylation sites (tertiary alicyclic amines) is 1. The van der Waals surface area contributed by atoms with Gasteiger partial charge in [-0.15, -0.1) is 0 Å². The molecule has 25 heavy (non-hydrogen) atoms. The van der Waals surface area contributed by atoms with E-state index in [4.69, 9.17) is 4.99 Å². The molecule has 0 saturated carbocycles. The van der Waals surface area contributed by atoms with Crippen LogP contribution >= 0.6 is 0 Å². The van der Waals surface area contributed by atoms with Gasteiger partial charge in [-0.05, 0) is 57.6 Å². The quantitative estimate of drug-likeness (QED) is 0.535. The second-order valence-corrected chi connectivity index (χ2v) is 7.16. The van der Waals surface area contributed by atoms with Gasteiger partial charge in [-0.2, -0.15) is 0 Å². The monoisotopic (exact) mass is 338 g/mol. The first-order valence-corrected chi connectivity index (χ1v) is 9.85. The molecule has 0 aromatic heterocycles. The first-order chi connectivity index (χ1) is 12.1. The molecule has 2 rings (SSSR count). The van der Waals surface area contributed by atoms with Gasteiger partial charge in [-0.25, -0.2) is 4.99 Å². The van der Waals surface area contributed by atoms with Crippen LogP contribution in [0.2, 0.25) is 0 Å². The van der Waals surface area contributed by atoms with Crippen molar-refractivity contribution in [2.24, 2.45) is 4.99 Å². The Kier molecular flexibility index (Phi) is 7.49. The van der Waals surface area contributed by atoms with E-state index in [0.29, 0.717) is 0 Å². The van der Waals surface area contributed by atoms with Crippen molar-refractivity contribution in [1.29, 1.82) is 0 Å². The van der Waals surface area contributed by atoms with Crippen molar-refractivity contribution in [3.05, 3.63) is 58.9 Å². The highest BCUT2D eigenvalue weighted by molar-refractivity contribution is 6.13. The Morgan fingerprint density at radius 1 is 1.16 bits per heavy atom. The van der Waals surface area contributed by atoms with Crippen molar-refractivity contribution < 1.29 is 0 Å². The van der Waals surface area contributed by atoms with Gasteiger partial charge in [0.05, 0.1) is 5.71 Å². The standard InChI is InChI=1S/C23H34N2/c1-6-12-19(4)22(7-2)23(21-14-11-13-18(3)17-21)24-20(5)25-15-9-8-10-16-25/h11,13-14,17H,5-10,12,15-16H2,1-4H3/b22-19+,24-23?. The van der Waals surface area contributed by atoms with Crippen LogP contribution in [0.3, 0.4) is 0 Å². The summed E-state index contributed by atoms with van der Waals surface area (Å²) in [7, 11) is 0. The average molecular weight is 339 g/mol. The van der Waals surface area contributed by atoms with Crippen molar-refractivity contribution in [3.63, 3.8) is 0 Å². The first-order valence-electron chi connectivity index (χ1n) is 9.85. The average Bonchev–Trinajstić information content (AvgIpc) is 2.62. The lowest BCUT2D eigenvalue weighted by Crippen LogP contribution is -2.28. The molecule has 2 heteroatoms. The molecule has 0 N–H and O–H groups in total. The van der Waals surface area contributed by atoms with E-state index < -0.39 is 0 Å². The largest absolute Gasteiger partial charge is 0.357 e. The Morgan fingerprint density at radius 3 is 2.48 bits per heavy atom. The Hall–Kier alpha value is -1.83. The maximum atomic E-state index is 5.08. The molecule has 0 atom stereocenters. The zero-order valence-electron chi connectivity index (χ0n) is 16.6. The van der Waals surface area contributed by atoms with Crippen LogP contribution in [-0.2, 0) is 0 Å². The summed E-state index contributed by atoms with van der Waals surface area (Å²) in [5, 5.41) is 0. The van der Waals surface area contributed by atoms with E-state index in [1.54, 1.807) is 0 Å². The minimum absolute atomic E-state index is 0.923. The summed E-state index contributed by atoms with van der Waals surface area (Å²) in [6.07, 6.45) is 7.13. The number of benzene rings is 1. The van der Waals surface area contributed by atoms with E-state index in [1.165, 1.54) is 48.0 Å². The summed E-state index contributed by atoms with van der Waals surface area (Å²) in [6.45, 7) is 15.4. The van der Waals surface area contributed by atoms with Gasteiger partial charge >= 0.3 is 0 Å². The maximum absolute atomic E-state index is 5.08. The normalized spacial score (nSPS) is 16.6. The third kappa shape index (κ3) is 5.32. The number of allylic oxidation sites excluding steroid dienone is 2. The molecule has 1 aliphatic heterocycles. The number of nitrogens with zero attached hydrogens (tertiary/aromatic N) is 2. The lowest BCUT2D eigenvalue weighted by atomic mass is 9.93. The molecule has 0 spiro atoms. The van der Waals surface area contributed by atoms with E-state index in [-0.39, 0.29) is 0 Å². The van der Waals surface area contributed by atoms with E-state index in [2.05, 4.69) is 63.4 Å². The second-order valence-electron chi connectivity index (χ2n) is 7.16. The number of hydrogen-bond donors (Lipinski definition) is 0. The van der Waals surface area contributed by atoms with Crippen molar-refractivity contribution in [3.8, 4) is 0 Å². The van der Waals surface area contributed by atoms with E-state index in [1.807, 2.05) is 0 Å². The topological polar surface area (TPSA) is 15.6 Å². The van der Waals surface area contributed by atoms with Crippen molar-refractivity contribution in [2.75, 3.05) is 13.1 Å². The summed E-state index contributed by atoms with van der Waals surface area (Å²) >= 11 is 0. The summed E-state index contributed by atoms with van der Waals surface area (Å²) in [5.41, 5.74) is 6.44. The predicted octanol–water partition coefficient (Wildman–Crippen LogP) is 6.27. The Morgan fingerprint density at radius 2 is 1.88 bits per heavy atom. The Labute approximate surface area is 154 Å². The summed E-state index contributed by atoms with van der Waals surface area (Å²) in [6, 6.07) is 8.71. The fourth-order valence-corrected chi connectivity index (χ4v) is 3.65. The van der Waals surface area contributed by atoms with Gasteiger partial charge in [-0.3, -0.25) is 0 Å². The third-order valence-corrected chi connectivity index (χ3v) is 5.03. The molecule has 0 radical (unpaired) electrons. The highest BCUT2D eigenvalue weighted by Gasteiger charge is 2.16. The van der Waals surface area contributed by atoms with E-state index >= 15 is 0 Å². The molecule has 136 valence electrons. The van der Waals surface area contributed by atoms with Crippen LogP contribution in [0.4, 0.5) is 0 Å². The molecule has 1 aromatic rings. The van der Waals surface area contributed by atoms with E-state index in [9.17, 15) is 0 Å². The fourth-order valence-electron chi connectivity index (χ4n) is 3.65. The number of rotatable bonds is 7. The molecule has 2 nitrogen and oxygen atoms in total. The van der Waals surface area contributed by atoms with Crippen molar-refractivity contribution in [1.82, 2.24) is 4.90 Å². The maximum Gasteiger partial charge on any atom is 0.121 e. The lowest BCUT2D eigenvalue weighted by molar-refractivity contribution is 0.284. The second kappa shape index (κ2) is 9.60. The SMILES string of the molecule is C=C(N=C(/C(CC)=C(\C)CCC)c1cccc(C)c1)N1CCCCC1. The molecule has 1 aromatic carbocycles. The highest BCUT2D eigenvalue weighted by atomic mass is 15.2. The minimum Gasteiger partial charge on any atom is -0.357 e. The molecule has 1 saturated heterocycles. The smallest absolute Gasteiger partial charge is 0.121 e.